The maximum absolute atomic E-state index is 12.8. The first-order valence-electron chi connectivity index (χ1n) is 7.16. The van der Waals surface area contributed by atoms with Crippen molar-refractivity contribution in [1.82, 2.24) is 0 Å². The Hall–Kier alpha value is -2.37. The molecule has 2 aromatic rings. The molecule has 2 rings (SSSR count). The Kier molecular flexibility index (Phi) is 5.36. The van der Waals surface area contributed by atoms with E-state index >= 15 is 0 Å². The van der Waals surface area contributed by atoms with E-state index in [2.05, 4.69) is 0 Å². The number of anilines is 1. The first-order chi connectivity index (χ1) is 10.9. The molecular formula is C17H18F3NO2. The fourth-order valence-electron chi connectivity index (χ4n) is 2.02. The Morgan fingerprint density at radius 2 is 1.61 bits per heavy atom. The van der Waals surface area contributed by atoms with Gasteiger partial charge in [-0.2, -0.15) is 13.2 Å². The van der Waals surface area contributed by atoms with Gasteiger partial charge in [0.15, 0.2) is 0 Å². The number of para-hydroxylation sites is 1. The van der Waals surface area contributed by atoms with Crippen molar-refractivity contribution in [3.63, 3.8) is 0 Å². The fourth-order valence-corrected chi connectivity index (χ4v) is 2.02. The molecule has 2 aromatic carbocycles. The third-order valence-electron chi connectivity index (χ3n) is 3.21. The highest BCUT2D eigenvalue weighted by Gasteiger charge is 2.33. The molecule has 124 valence electrons. The molecule has 0 bridgehead atoms. The zero-order valence-corrected chi connectivity index (χ0v) is 12.7. The number of benzene rings is 2. The van der Waals surface area contributed by atoms with E-state index in [1.807, 2.05) is 13.0 Å². The highest BCUT2D eigenvalue weighted by atomic mass is 19.4. The lowest BCUT2D eigenvalue weighted by Gasteiger charge is -2.14. The number of halogens is 3. The molecule has 0 aliphatic carbocycles. The van der Waals surface area contributed by atoms with Gasteiger partial charge in [-0.1, -0.05) is 18.2 Å². The Labute approximate surface area is 132 Å². The molecule has 0 unspecified atom stereocenters. The lowest BCUT2D eigenvalue weighted by Crippen LogP contribution is -2.11. The van der Waals surface area contributed by atoms with Crippen molar-refractivity contribution in [3.8, 4) is 11.5 Å². The van der Waals surface area contributed by atoms with Crippen LogP contribution in [0, 0.1) is 6.92 Å². The number of nitrogens with two attached hydrogens (primary N) is 1. The van der Waals surface area contributed by atoms with Crippen molar-refractivity contribution < 1.29 is 22.6 Å². The normalized spacial score (nSPS) is 11.3. The molecule has 0 aromatic heterocycles. The SMILES string of the molecule is Cc1ccc(N)cc1OCCCOc1ccccc1C(F)(F)F. The molecule has 2 N–H and O–H groups in total. The molecular weight excluding hydrogens is 307 g/mol. The summed E-state index contributed by atoms with van der Waals surface area (Å²) in [7, 11) is 0. The molecule has 0 spiro atoms. The molecule has 0 amide bonds. The van der Waals surface area contributed by atoms with Gasteiger partial charge < -0.3 is 15.2 Å². The van der Waals surface area contributed by atoms with Crippen LogP contribution in [-0.2, 0) is 6.18 Å². The summed E-state index contributed by atoms with van der Waals surface area (Å²) < 4.78 is 49.2. The number of rotatable bonds is 6. The number of ether oxygens (including phenoxy) is 2. The Bertz CT molecular complexity index is 657. The molecule has 0 saturated heterocycles. The van der Waals surface area contributed by atoms with Crippen LogP contribution in [0.4, 0.5) is 18.9 Å². The topological polar surface area (TPSA) is 44.5 Å². The lowest BCUT2D eigenvalue weighted by molar-refractivity contribution is -0.138. The van der Waals surface area contributed by atoms with Gasteiger partial charge in [-0.3, -0.25) is 0 Å². The van der Waals surface area contributed by atoms with Crippen molar-refractivity contribution in [2.45, 2.75) is 19.5 Å². The van der Waals surface area contributed by atoms with Crippen molar-refractivity contribution >= 4 is 5.69 Å². The number of alkyl halides is 3. The van der Waals surface area contributed by atoms with E-state index < -0.39 is 11.7 Å². The molecule has 0 atom stereocenters. The van der Waals surface area contributed by atoms with Gasteiger partial charge in [0.2, 0.25) is 0 Å². The molecule has 6 heteroatoms. The first-order valence-corrected chi connectivity index (χ1v) is 7.16. The smallest absolute Gasteiger partial charge is 0.419 e. The second-order valence-electron chi connectivity index (χ2n) is 5.07. The van der Waals surface area contributed by atoms with Gasteiger partial charge in [-0.25, -0.2) is 0 Å². The zero-order valence-electron chi connectivity index (χ0n) is 12.7. The minimum absolute atomic E-state index is 0.133. The van der Waals surface area contributed by atoms with Crippen LogP contribution in [0.25, 0.3) is 0 Å². The average Bonchev–Trinajstić information content (AvgIpc) is 2.50. The summed E-state index contributed by atoms with van der Waals surface area (Å²) in [5, 5.41) is 0. The third-order valence-corrected chi connectivity index (χ3v) is 3.21. The maximum atomic E-state index is 12.8. The monoisotopic (exact) mass is 325 g/mol. The first kappa shape index (κ1) is 17.0. The van der Waals surface area contributed by atoms with Gasteiger partial charge in [-0.05, 0) is 30.7 Å². The van der Waals surface area contributed by atoms with Gasteiger partial charge >= 0.3 is 6.18 Å². The van der Waals surface area contributed by atoms with Gasteiger partial charge in [0.1, 0.15) is 11.5 Å². The average molecular weight is 325 g/mol. The summed E-state index contributed by atoms with van der Waals surface area (Å²) in [4.78, 5) is 0. The number of hydrogen-bond acceptors (Lipinski definition) is 3. The summed E-state index contributed by atoms with van der Waals surface area (Å²) in [5.74, 6) is 0.501. The number of aryl methyl sites for hydroxylation is 1. The molecule has 0 aliphatic rings. The Morgan fingerprint density at radius 1 is 0.957 bits per heavy atom. The molecule has 0 heterocycles. The minimum Gasteiger partial charge on any atom is -0.493 e. The summed E-state index contributed by atoms with van der Waals surface area (Å²) >= 11 is 0. The van der Waals surface area contributed by atoms with Gasteiger partial charge in [-0.15, -0.1) is 0 Å². The predicted octanol–water partition coefficient (Wildman–Crippen LogP) is 4.44. The van der Waals surface area contributed by atoms with Crippen LogP contribution in [-0.4, -0.2) is 13.2 Å². The minimum atomic E-state index is -4.42. The fraction of sp³-hybridized carbons (Fsp3) is 0.294. The largest absolute Gasteiger partial charge is 0.493 e. The van der Waals surface area contributed by atoms with Gasteiger partial charge in [0, 0.05) is 18.2 Å². The molecule has 23 heavy (non-hydrogen) atoms. The molecule has 0 aliphatic heterocycles. The summed E-state index contributed by atoms with van der Waals surface area (Å²) in [5.41, 5.74) is 6.45. The Balaban J connectivity index is 1.84. The second-order valence-corrected chi connectivity index (χ2v) is 5.07. The maximum Gasteiger partial charge on any atom is 0.419 e. The van der Waals surface area contributed by atoms with E-state index in [9.17, 15) is 13.2 Å². The van der Waals surface area contributed by atoms with E-state index in [1.165, 1.54) is 18.2 Å². The van der Waals surface area contributed by atoms with Crippen molar-refractivity contribution in [3.05, 3.63) is 53.6 Å². The highest BCUT2D eigenvalue weighted by Crippen LogP contribution is 2.35. The summed E-state index contributed by atoms with van der Waals surface area (Å²) in [6, 6.07) is 10.5. The summed E-state index contributed by atoms with van der Waals surface area (Å²) in [6.07, 6.45) is -3.97. The van der Waals surface area contributed by atoms with Crippen molar-refractivity contribution in [2.24, 2.45) is 0 Å². The Morgan fingerprint density at radius 3 is 2.30 bits per heavy atom. The van der Waals surface area contributed by atoms with Crippen LogP contribution >= 0.6 is 0 Å². The van der Waals surface area contributed by atoms with Crippen LogP contribution in [0.2, 0.25) is 0 Å². The van der Waals surface area contributed by atoms with E-state index in [0.717, 1.165) is 11.6 Å². The van der Waals surface area contributed by atoms with E-state index in [-0.39, 0.29) is 12.4 Å². The lowest BCUT2D eigenvalue weighted by atomic mass is 10.2. The van der Waals surface area contributed by atoms with E-state index in [4.69, 9.17) is 15.2 Å². The molecule has 3 nitrogen and oxygen atoms in total. The second kappa shape index (κ2) is 7.26. The predicted molar refractivity (Wildman–Crippen MR) is 82.6 cm³/mol. The van der Waals surface area contributed by atoms with Crippen LogP contribution in [0.1, 0.15) is 17.5 Å². The molecule has 0 fully saturated rings. The third kappa shape index (κ3) is 4.81. The van der Waals surface area contributed by atoms with Crippen molar-refractivity contribution in [1.29, 1.82) is 0 Å². The molecule has 0 saturated carbocycles. The summed E-state index contributed by atoms with van der Waals surface area (Å²) in [6.45, 7) is 2.36. The van der Waals surface area contributed by atoms with Crippen LogP contribution < -0.4 is 15.2 Å². The number of hydrogen-bond donors (Lipinski definition) is 1. The van der Waals surface area contributed by atoms with E-state index in [0.29, 0.717) is 24.5 Å². The zero-order chi connectivity index (χ0) is 16.9. The van der Waals surface area contributed by atoms with Crippen molar-refractivity contribution in [2.75, 3.05) is 18.9 Å². The number of nitrogen functional groups attached to an aromatic ring is 1. The van der Waals surface area contributed by atoms with Gasteiger partial charge in [0.25, 0.3) is 0 Å². The highest BCUT2D eigenvalue weighted by molar-refractivity contribution is 5.47. The van der Waals surface area contributed by atoms with Crippen LogP contribution in [0.3, 0.4) is 0 Å². The standard InChI is InChI=1S/C17H18F3NO2/c1-12-7-8-13(21)11-16(12)23-10-4-9-22-15-6-3-2-5-14(15)17(18,19)20/h2-3,5-8,11H,4,9-10,21H2,1H3. The molecule has 0 radical (unpaired) electrons. The van der Waals surface area contributed by atoms with Gasteiger partial charge in [0.05, 0.1) is 18.8 Å². The van der Waals surface area contributed by atoms with Crippen LogP contribution in [0.5, 0.6) is 11.5 Å². The quantitative estimate of drug-likeness (QED) is 0.630. The van der Waals surface area contributed by atoms with Crippen LogP contribution in [0.15, 0.2) is 42.5 Å². The van der Waals surface area contributed by atoms with E-state index in [1.54, 1.807) is 12.1 Å².